The summed E-state index contributed by atoms with van der Waals surface area (Å²) < 4.78 is 18.4. The lowest BCUT2D eigenvalue weighted by Gasteiger charge is -2.06. The monoisotopic (exact) mass is 181 g/mol. The van der Waals surface area contributed by atoms with Crippen molar-refractivity contribution in [3.8, 4) is 0 Å². The van der Waals surface area contributed by atoms with E-state index in [1.807, 2.05) is 0 Å². The van der Waals surface area contributed by atoms with Gasteiger partial charge in [0.1, 0.15) is 6.04 Å². The molecule has 0 rings (SSSR count). The first-order valence-corrected chi connectivity index (χ1v) is 4.35. The normalized spacial score (nSPS) is 15.8. The zero-order valence-corrected chi connectivity index (χ0v) is 6.93. The Morgan fingerprint density at radius 2 is 2.27 bits per heavy atom. The van der Waals surface area contributed by atoms with Crippen LogP contribution in [0.3, 0.4) is 0 Å². The molecule has 6 heteroatoms. The van der Waals surface area contributed by atoms with E-state index in [9.17, 15) is 9.00 Å². The van der Waals surface area contributed by atoms with Crippen molar-refractivity contribution in [1.29, 1.82) is 0 Å². The van der Waals surface area contributed by atoms with Crippen LogP contribution in [0.25, 0.3) is 0 Å². The molecule has 2 atom stereocenters. The second-order valence-corrected chi connectivity index (χ2v) is 3.09. The first-order chi connectivity index (χ1) is 5.04. The van der Waals surface area contributed by atoms with Gasteiger partial charge < -0.3 is 15.0 Å². The fraction of sp³-hybridized carbons (Fsp3) is 0.800. The first-order valence-electron chi connectivity index (χ1n) is 3.07. The smallest absolute Gasteiger partial charge is 0.320 e. The maximum atomic E-state index is 10.2. The molecular formula is C5H11NO4S. The summed E-state index contributed by atoms with van der Waals surface area (Å²) in [5, 5.41) is 10.9. The quantitative estimate of drug-likeness (QED) is 0.487. The molecule has 0 aliphatic carbocycles. The minimum absolute atomic E-state index is 0.0532. The highest BCUT2D eigenvalue weighted by molar-refractivity contribution is 7.79. The van der Waals surface area contributed by atoms with Gasteiger partial charge in [0.15, 0.2) is 11.1 Å². The summed E-state index contributed by atoms with van der Waals surface area (Å²) in [6.07, 6.45) is 0. The molecule has 5 nitrogen and oxygen atoms in total. The Morgan fingerprint density at radius 3 is 2.64 bits per heavy atom. The minimum Gasteiger partial charge on any atom is -0.480 e. The number of carboxylic acids is 1. The van der Waals surface area contributed by atoms with E-state index in [1.54, 1.807) is 0 Å². The van der Waals surface area contributed by atoms with Crippen LogP contribution in [0, 0.1) is 0 Å². The third-order valence-electron chi connectivity index (χ3n) is 1.10. The second kappa shape index (κ2) is 5.22. The zero-order valence-electron chi connectivity index (χ0n) is 6.11. The molecule has 0 saturated heterocycles. The van der Waals surface area contributed by atoms with Gasteiger partial charge in [0, 0.05) is 6.54 Å². The molecule has 0 fully saturated rings. The summed E-state index contributed by atoms with van der Waals surface area (Å²) in [5.74, 6) is -0.911. The van der Waals surface area contributed by atoms with E-state index in [0.29, 0.717) is 0 Å². The van der Waals surface area contributed by atoms with Gasteiger partial charge in [-0.1, -0.05) is 0 Å². The van der Waals surface area contributed by atoms with Gasteiger partial charge in [-0.05, 0) is 6.92 Å². The van der Waals surface area contributed by atoms with Crippen molar-refractivity contribution in [1.82, 2.24) is 5.32 Å². The van der Waals surface area contributed by atoms with E-state index < -0.39 is 23.1 Å². The third kappa shape index (κ3) is 5.96. The number of hydrogen-bond acceptors (Lipinski definition) is 3. The highest BCUT2D eigenvalue weighted by atomic mass is 32.2. The Balaban J connectivity index is 3.39. The Kier molecular flexibility index (Phi) is 5.01. The van der Waals surface area contributed by atoms with Crippen LogP contribution in [-0.2, 0) is 15.9 Å². The van der Waals surface area contributed by atoms with E-state index in [2.05, 4.69) is 5.32 Å². The van der Waals surface area contributed by atoms with Crippen LogP contribution in [0.15, 0.2) is 0 Å². The van der Waals surface area contributed by atoms with Gasteiger partial charge in [-0.15, -0.1) is 0 Å². The molecule has 0 aromatic heterocycles. The molecule has 0 heterocycles. The number of rotatable bonds is 5. The average molecular weight is 181 g/mol. The average Bonchev–Trinajstić information content (AvgIpc) is 1.86. The van der Waals surface area contributed by atoms with Gasteiger partial charge in [0.05, 0.1) is 5.75 Å². The molecule has 0 aromatic carbocycles. The molecule has 0 aliphatic rings. The molecule has 0 amide bonds. The summed E-state index contributed by atoms with van der Waals surface area (Å²) in [6, 6.07) is -0.668. The van der Waals surface area contributed by atoms with Gasteiger partial charge in [-0.2, -0.15) is 0 Å². The van der Waals surface area contributed by atoms with Gasteiger partial charge in [0.2, 0.25) is 0 Å². The molecule has 2 unspecified atom stereocenters. The van der Waals surface area contributed by atoms with E-state index >= 15 is 0 Å². The maximum absolute atomic E-state index is 10.2. The summed E-state index contributed by atoms with van der Waals surface area (Å²) in [4.78, 5) is 10.2. The lowest BCUT2D eigenvalue weighted by molar-refractivity contribution is -0.138. The van der Waals surface area contributed by atoms with Crippen LogP contribution in [0.4, 0.5) is 0 Å². The fourth-order valence-corrected chi connectivity index (χ4v) is 0.743. The van der Waals surface area contributed by atoms with Gasteiger partial charge >= 0.3 is 5.97 Å². The molecule has 0 aliphatic heterocycles. The predicted molar refractivity (Wildman–Crippen MR) is 40.7 cm³/mol. The highest BCUT2D eigenvalue weighted by Crippen LogP contribution is 1.80. The lowest BCUT2D eigenvalue weighted by Crippen LogP contribution is -2.36. The van der Waals surface area contributed by atoms with Crippen LogP contribution in [-0.4, -0.2) is 38.2 Å². The van der Waals surface area contributed by atoms with Crippen LogP contribution >= 0.6 is 0 Å². The summed E-state index contributed by atoms with van der Waals surface area (Å²) >= 11 is -1.85. The topological polar surface area (TPSA) is 86.6 Å². The molecule has 0 aromatic rings. The van der Waals surface area contributed by atoms with Crippen molar-refractivity contribution in [2.75, 3.05) is 12.3 Å². The zero-order chi connectivity index (χ0) is 8.85. The van der Waals surface area contributed by atoms with E-state index in [0.717, 1.165) is 0 Å². The Morgan fingerprint density at radius 1 is 1.73 bits per heavy atom. The number of carboxylic acid groups (broad SMARTS) is 1. The third-order valence-corrected chi connectivity index (χ3v) is 1.65. The fourth-order valence-electron chi connectivity index (χ4n) is 0.450. The summed E-state index contributed by atoms with van der Waals surface area (Å²) in [6.45, 7) is 1.71. The van der Waals surface area contributed by atoms with Crippen molar-refractivity contribution in [3.05, 3.63) is 0 Å². The first kappa shape index (κ1) is 10.5. The van der Waals surface area contributed by atoms with Crippen LogP contribution in [0.5, 0.6) is 0 Å². The Bertz CT molecular complexity index is 161. The molecule has 0 saturated carbocycles. The largest absolute Gasteiger partial charge is 0.480 e. The standard InChI is InChI=1S/C5H11NO4S/c1-4(5(7)8)6-2-3-11(9)10/h4,6H,2-3H2,1H3,(H,7,8)(H,9,10). The Hall–Kier alpha value is -0.460. The maximum Gasteiger partial charge on any atom is 0.320 e. The summed E-state index contributed by atoms with van der Waals surface area (Å²) in [5.41, 5.74) is 0. The van der Waals surface area contributed by atoms with Crippen LogP contribution in [0.1, 0.15) is 6.92 Å². The molecule has 0 bridgehead atoms. The number of hydrogen-bond donors (Lipinski definition) is 3. The highest BCUT2D eigenvalue weighted by Gasteiger charge is 2.08. The second-order valence-electron chi connectivity index (χ2n) is 2.04. The predicted octanol–water partition coefficient (Wildman–Crippen LogP) is -0.729. The van der Waals surface area contributed by atoms with Crippen molar-refractivity contribution < 1.29 is 18.7 Å². The van der Waals surface area contributed by atoms with Gasteiger partial charge in [0.25, 0.3) is 0 Å². The number of nitrogens with one attached hydrogen (secondary N) is 1. The van der Waals surface area contributed by atoms with Crippen LogP contribution < -0.4 is 5.32 Å². The van der Waals surface area contributed by atoms with E-state index in [-0.39, 0.29) is 12.3 Å². The lowest BCUT2D eigenvalue weighted by atomic mass is 10.3. The molecule has 0 spiro atoms. The van der Waals surface area contributed by atoms with Crippen molar-refractivity contribution in [2.45, 2.75) is 13.0 Å². The molecule has 3 N–H and O–H groups in total. The van der Waals surface area contributed by atoms with Crippen molar-refractivity contribution in [3.63, 3.8) is 0 Å². The number of carbonyl (C=O) groups is 1. The van der Waals surface area contributed by atoms with Crippen molar-refractivity contribution >= 4 is 17.0 Å². The van der Waals surface area contributed by atoms with Crippen molar-refractivity contribution in [2.24, 2.45) is 0 Å². The molecule has 11 heavy (non-hydrogen) atoms. The number of aliphatic carboxylic acids is 1. The molecular weight excluding hydrogens is 170 g/mol. The van der Waals surface area contributed by atoms with E-state index in [4.69, 9.17) is 9.66 Å². The molecule has 66 valence electrons. The van der Waals surface area contributed by atoms with Gasteiger partial charge in [-0.25, -0.2) is 4.21 Å². The minimum atomic E-state index is -1.85. The molecule has 0 radical (unpaired) electrons. The Labute approximate surface area is 67.1 Å². The van der Waals surface area contributed by atoms with Crippen LogP contribution in [0.2, 0.25) is 0 Å². The summed E-state index contributed by atoms with van der Waals surface area (Å²) in [7, 11) is 0. The van der Waals surface area contributed by atoms with Gasteiger partial charge in [-0.3, -0.25) is 4.79 Å². The SMILES string of the molecule is CC(NCCS(=O)O)C(=O)O. The van der Waals surface area contributed by atoms with E-state index in [1.165, 1.54) is 6.92 Å².